The minimum absolute atomic E-state index is 0.278. The van der Waals surface area contributed by atoms with Crippen LogP contribution in [0.2, 0.25) is 0 Å². The Morgan fingerprint density at radius 3 is 2.72 bits per heavy atom. The van der Waals surface area contributed by atoms with Crippen LogP contribution in [0.4, 0.5) is 6.01 Å². The number of likely N-dealkylation sites (N-methyl/N-ethyl adjacent to an activating group) is 1. The van der Waals surface area contributed by atoms with Gasteiger partial charge in [-0.05, 0) is 45.5 Å². The summed E-state index contributed by atoms with van der Waals surface area (Å²) in [4.78, 5) is 6.75. The topological polar surface area (TPSA) is 41.3 Å². The molecule has 0 aliphatic heterocycles. The molecule has 96 valence electrons. The lowest BCUT2D eigenvalue weighted by Crippen LogP contribution is -2.54. The Morgan fingerprint density at radius 1 is 1.33 bits per heavy atom. The molecule has 0 radical (unpaired) electrons. The third kappa shape index (κ3) is 1.86. The highest BCUT2D eigenvalue weighted by Crippen LogP contribution is 2.36. The second-order valence-corrected chi connectivity index (χ2v) is 5.31. The molecule has 2 aromatic rings. The highest BCUT2D eigenvalue weighted by molar-refractivity contribution is 5.74. The average Bonchev–Trinajstić information content (AvgIpc) is 2.69. The molecule has 1 aliphatic carbocycles. The van der Waals surface area contributed by atoms with Gasteiger partial charge in [0.1, 0.15) is 5.52 Å². The smallest absolute Gasteiger partial charge is 0.295 e. The summed E-state index contributed by atoms with van der Waals surface area (Å²) < 4.78 is 5.67. The maximum atomic E-state index is 5.67. The number of hydrogen-bond acceptors (Lipinski definition) is 4. The zero-order valence-corrected chi connectivity index (χ0v) is 10.9. The molecule has 0 spiro atoms. The quantitative estimate of drug-likeness (QED) is 0.899. The first-order valence-electron chi connectivity index (χ1n) is 6.47. The molecular weight excluding hydrogens is 226 g/mol. The summed E-state index contributed by atoms with van der Waals surface area (Å²) in [5.74, 6) is 0. The van der Waals surface area contributed by atoms with Gasteiger partial charge in [-0.25, -0.2) is 0 Å². The zero-order chi connectivity index (χ0) is 12.6. The Hall–Kier alpha value is -1.55. The molecule has 1 aromatic heterocycles. The summed E-state index contributed by atoms with van der Waals surface area (Å²) in [6.07, 6.45) is 3.80. The molecule has 4 nitrogen and oxygen atoms in total. The lowest BCUT2D eigenvalue weighted by atomic mass is 9.75. The van der Waals surface area contributed by atoms with Gasteiger partial charge in [0.15, 0.2) is 5.58 Å². The number of nitrogens with zero attached hydrogens (tertiary/aromatic N) is 2. The summed E-state index contributed by atoms with van der Waals surface area (Å²) >= 11 is 0. The molecule has 0 unspecified atom stereocenters. The Balaban J connectivity index is 1.73. The first-order valence-corrected chi connectivity index (χ1v) is 6.47. The predicted octanol–water partition coefficient (Wildman–Crippen LogP) is 2.72. The van der Waals surface area contributed by atoms with E-state index in [1.54, 1.807) is 0 Å². The molecule has 1 heterocycles. The van der Waals surface area contributed by atoms with Crippen LogP contribution < -0.4 is 5.32 Å². The maximum absolute atomic E-state index is 5.67. The van der Waals surface area contributed by atoms with Crippen LogP contribution in [-0.2, 0) is 0 Å². The minimum atomic E-state index is 0.278. The Labute approximate surface area is 107 Å². The van der Waals surface area contributed by atoms with Crippen LogP contribution in [0.25, 0.3) is 11.1 Å². The van der Waals surface area contributed by atoms with Crippen LogP contribution in [-0.4, -0.2) is 36.1 Å². The fraction of sp³-hybridized carbons (Fsp3) is 0.500. The summed E-state index contributed by atoms with van der Waals surface area (Å²) in [7, 11) is 4.29. The monoisotopic (exact) mass is 245 g/mol. The van der Waals surface area contributed by atoms with Crippen molar-refractivity contribution in [3.63, 3.8) is 0 Å². The van der Waals surface area contributed by atoms with Gasteiger partial charge >= 0.3 is 0 Å². The summed E-state index contributed by atoms with van der Waals surface area (Å²) in [6.45, 7) is 0.896. The van der Waals surface area contributed by atoms with Crippen LogP contribution in [0.3, 0.4) is 0 Å². The van der Waals surface area contributed by atoms with Gasteiger partial charge in [0.05, 0.1) is 0 Å². The molecule has 1 aliphatic rings. The number of rotatable bonds is 4. The largest absolute Gasteiger partial charge is 0.424 e. The van der Waals surface area contributed by atoms with Crippen molar-refractivity contribution in [2.24, 2.45) is 0 Å². The van der Waals surface area contributed by atoms with Crippen molar-refractivity contribution in [2.45, 2.75) is 24.8 Å². The minimum Gasteiger partial charge on any atom is -0.424 e. The van der Waals surface area contributed by atoms with E-state index < -0.39 is 0 Å². The molecule has 3 rings (SSSR count). The third-order valence-corrected chi connectivity index (χ3v) is 4.10. The van der Waals surface area contributed by atoms with E-state index in [0.717, 1.165) is 17.6 Å². The number of anilines is 1. The number of hydrogen-bond donors (Lipinski definition) is 1. The van der Waals surface area contributed by atoms with Gasteiger partial charge in [-0.15, -0.1) is 0 Å². The van der Waals surface area contributed by atoms with Gasteiger partial charge in [-0.2, -0.15) is 4.98 Å². The predicted molar refractivity (Wildman–Crippen MR) is 72.8 cm³/mol. The van der Waals surface area contributed by atoms with Gasteiger partial charge in [0.25, 0.3) is 6.01 Å². The summed E-state index contributed by atoms with van der Waals surface area (Å²) in [6, 6.07) is 8.48. The van der Waals surface area contributed by atoms with Gasteiger partial charge in [0.2, 0.25) is 0 Å². The van der Waals surface area contributed by atoms with Crippen LogP contribution >= 0.6 is 0 Å². The number of fused-ring (bicyclic) bond motifs is 1. The second-order valence-electron chi connectivity index (χ2n) is 5.31. The van der Waals surface area contributed by atoms with Crippen LogP contribution in [0, 0.1) is 0 Å². The Bertz CT molecular complexity index is 510. The average molecular weight is 245 g/mol. The highest BCUT2D eigenvalue weighted by Gasteiger charge is 2.39. The van der Waals surface area contributed by atoms with Crippen LogP contribution in [0.15, 0.2) is 28.7 Å². The van der Waals surface area contributed by atoms with Gasteiger partial charge in [-0.3, -0.25) is 0 Å². The van der Waals surface area contributed by atoms with E-state index in [1.165, 1.54) is 19.3 Å². The van der Waals surface area contributed by atoms with E-state index in [9.17, 15) is 0 Å². The molecule has 1 N–H and O–H groups in total. The standard InChI is InChI=1S/C14H19N3O/c1-17(2)14(8-5-9-14)10-15-13-16-11-6-3-4-7-12(11)18-13/h3-4,6-7H,5,8-10H2,1-2H3,(H,15,16). The molecule has 1 fully saturated rings. The van der Waals surface area contributed by atoms with Crippen molar-refractivity contribution in [2.75, 3.05) is 26.0 Å². The maximum Gasteiger partial charge on any atom is 0.295 e. The first kappa shape index (κ1) is 11.5. The van der Waals surface area contributed by atoms with E-state index >= 15 is 0 Å². The number of benzene rings is 1. The second kappa shape index (κ2) is 4.28. The van der Waals surface area contributed by atoms with Crippen molar-refractivity contribution in [3.8, 4) is 0 Å². The first-order chi connectivity index (χ1) is 8.70. The number of nitrogens with one attached hydrogen (secondary N) is 1. The summed E-state index contributed by atoms with van der Waals surface area (Å²) in [5.41, 5.74) is 2.03. The number of oxazole rings is 1. The van der Waals surface area contributed by atoms with Crippen molar-refractivity contribution >= 4 is 17.1 Å². The normalized spacial score (nSPS) is 17.9. The molecule has 1 aromatic carbocycles. The SMILES string of the molecule is CN(C)C1(CNc2nc3ccccc3o2)CCC1. The van der Waals surface area contributed by atoms with E-state index in [-0.39, 0.29) is 5.54 Å². The molecule has 0 bridgehead atoms. The van der Waals surface area contributed by atoms with E-state index in [1.807, 2.05) is 24.3 Å². The zero-order valence-electron chi connectivity index (χ0n) is 10.9. The molecule has 0 amide bonds. The van der Waals surface area contributed by atoms with Crippen LogP contribution in [0.5, 0.6) is 0 Å². The lowest BCUT2D eigenvalue weighted by molar-refractivity contribution is 0.0734. The molecule has 4 heteroatoms. The Kier molecular flexibility index (Phi) is 2.74. The number of para-hydroxylation sites is 2. The van der Waals surface area contributed by atoms with E-state index in [0.29, 0.717) is 6.01 Å². The molecule has 0 saturated heterocycles. The fourth-order valence-corrected chi connectivity index (χ4v) is 2.55. The lowest BCUT2D eigenvalue weighted by Gasteiger charge is -2.47. The number of aromatic nitrogens is 1. The van der Waals surface area contributed by atoms with Crippen molar-refractivity contribution < 1.29 is 4.42 Å². The van der Waals surface area contributed by atoms with Crippen molar-refractivity contribution in [1.29, 1.82) is 0 Å². The molecular formula is C14H19N3O. The van der Waals surface area contributed by atoms with Gasteiger partial charge in [0, 0.05) is 12.1 Å². The van der Waals surface area contributed by atoms with Gasteiger partial charge in [-0.1, -0.05) is 12.1 Å². The van der Waals surface area contributed by atoms with Crippen LogP contribution in [0.1, 0.15) is 19.3 Å². The Morgan fingerprint density at radius 2 is 2.11 bits per heavy atom. The summed E-state index contributed by atoms with van der Waals surface area (Å²) in [5, 5.41) is 3.34. The van der Waals surface area contributed by atoms with E-state index in [2.05, 4.69) is 29.3 Å². The third-order valence-electron chi connectivity index (χ3n) is 4.10. The van der Waals surface area contributed by atoms with Crippen molar-refractivity contribution in [3.05, 3.63) is 24.3 Å². The fourth-order valence-electron chi connectivity index (χ4n) is 2.55. The highest BCUT2D eigenvalue weighted by atomic mass is 16.4. The molecule has 1 saturated carbocycles. The molecule has 0 atom stereocenters. The molecule has 18 heavy (non-hydrogen) atoms. The van der Waals surface area contributed by atoms with E-state index in [4.69, 9.17) is 4.42 Å². The van der Waals surface area contributed by atoms with Crippen molar-refractivity contribution in [1.82, 2.24) is 9.88 Å². The van der Waals surface area contributed by atoms with Gasteiger partial charge < -0.3 is 14.6 Å².